The van der Waals surface area contributed by atoms with Crippen LogP contribution in [0.4, 0.5) is 0 Å². The van der Waals surface area contributed by atoms with Crippen LogP contribution in [0.1, 0.15) is 149 Å². The maximum Gasteiger partial charge on any atom is 0.472 e. The minimum Gasteiger partial charge on any atom is -0.480 e. The largest absolute Gasteiger partial charge is 0.480 e. The van der Waals surface area contributed by atoms with Crippen molar-refractivity contribution in [1.29, 1.82) is 0 Å². The van der Waals surface area contributed by atoms with E-state index in [1.807, 2.05) is 6.08 Å². The fourth-order valence-corrected chi connectivity index (χ4v) is 6.01. The minimum absolute atomic E-state index is 0.0428. The van der Waals surface area contributed by atoms with Crippen LogP contribution in [0.15, 0.2) is 72.9 Å². The van der Waals surface area contributed by atoms with Crippen molar-refractivity contribution in [3.8, 4) is 0 Å². The van der Waals surface area contributed by atoms with Gasteiger partial charge < -0.3 is 30.3 Å². The number of carboxylic acid groups (broad SMARTS) is 1. The second-order valence-corrected chi connectivity index (χ2v) is 15.4. The number of aliphatic carboxylic acids is 1. The van der Waals surface area contributed by atoms with Crippen molar-refractivity contribution < 1.29 is 52.6 Å². The summed E-state index contributed by atoms with van der Waals surface area (Å²) in [6, 6.07) is -1.56. The molecule has 57 heavy (non-hydrogen) atoms. The van der Waals surface area contributed by atoms with Gasteiger partial charge in [-0.05, 0) is 44.9 Å². The number of esters is 2. The second-order valence-electron chi connectivity index (χ2n) is 13.9. The Kier molecular flexibility index (Phi) is 36.3. The number of carbonyl (C=O) groups is 3. The van der Waals surface area contributed by atoms with Crippen LogP contribution < -0.4 is 5.73 Å². The molecule has 0 saturated heterocycles. The molecule has 0 amide bonds. The molecule has 0 aromatic heterocycles. The quantitative estimate of drug-likeness (QED) is 0.0152. The van der Waals surface area contributed by atoms with E-state index in [0.717, 1.165) is 51.4 Å². The first-order chi connectivity index (χ1) is 27.5. The zero-order valence-electron chi connectivity index (χ0n) is 34.8. The summed E-state index contributed by atoms with van der Waals surface area (Å²) in [5.41, 5.74) is 5.31. The number of hydrogen-bond donors (Lipinski definition) is 4. The number of phosphoric acid groups is 1. The summed E-state index contributed by atoms with van der Waals surface area (Å²) in [6.07, 6.45) is 41.6. The highest BCUT2D eigenvalue weighted by Gasteiger charge is 2.28. The SMILES string of the molecule is CC/C=C\C/C=C\C/C=C\C/C=C\C/C=C\C=C/C(O)CCC(=O)O[C@H](COC(=O)CCCCCCCCCCCCCCC)COP(=O)(O)OC[C@H](N)C(=O)O. The molecule has 326 valence electrons. The van der Waals surface area contributed by atoms with Gasteiger partial charge in [-0.15, -0.1) is 0 Å². The molecule has 0 aliphatic heterocycles. The first kappa shape index (κ1) is 53.9. The number of aliphatic hydroxyl groups excluding tert-OH is 1. The Labute approximate surface area is 343 Å². The summed E-state index contributed by atoms with van der Waals surface area (Å²) < 4.78 is 32.4. The van der Waals surface area contributed by atoms with Crippen molar-refractivity contribution >= 4 is 25.7 Å². The average Bonchev–Trinajstić information content (AvgIpc) is 3.18. The number of ether oxygens (including phenoxy) is 2. The Bertz CT molecular complexity index is 1260. The fraction of sp³-hybridized carbons (Fsp3) is 0.659. The summed E-state index contributed by atoms with van der Waals surface area (Å²) in [7, 11) is -4.78. The highest BCUT2D eigenvalue weighted by atomic mass is 31.2. The molecule has 4 atom stereocenters. The zero-order valence-corrected chi connectivity index (χ0v) is 35.7. The third kappa shape index (κ3) is 38.2. The van der Waals surface area contributed by atoms with Gasteiger partial charge in [-0.25, -0.2) is 4.57 Å². The van der Waals surface area contributed by atoms with Crippen molar-refractivity contribution in [2.75, 3.05) is 19.8 Å². The van der Waals surface area contributed by atoms with Crippen LogP contribution in [0.25, 0.3) is 0 Å². The van der Waals surface area contributed by atoms with Crippen LogP contribution >= 0.6 is 7.82 Å². The minimum atomic E-state index is -4.78. The summed E-state index contributed by atoms with van der Waals surface area (Å²) in [4.78, 5) is 45.9. The average molecular weight is 824 g/mol. The standard InChI is InChI=1S/C44H74NO11P/c1-3-5-7-9-11-13-15-17-18-19-21-22-24-26-28-30-32-39(46)34-35-43(48)56-40(37-54-57(51,52)55-38-41(45)44(49)50)36-53-42(47)33-31-29-27-25-23-20-16-14-12-10-8-6-4-2/h5,7,11,13,17-18,21-22,26,28,30,32,39-41,46H,3-4,6,8-10,12,14-16,19-20,23-25,27,29,31,33-38,45H2,1-2H3,(H,49,50)(H,51,52)/b7-5-,13-11-,18-17-,22-21-,28-26-,32-30-/t39?,40-,41+/m1/s1. The number of hydrogen-bond acceptors (Lipinski definition) is 10. The molecule has 0 rings (SSSR count). The Morgan fingerprint density at radius 3 is 1.65 bits per heavy atom. The number of carboxylic acids is 1. The van der Waals surface area contributed by atoms with Crippen molar-refractivity contribution in [3.05, 3.63) is 72.9 Å². The van der Waals surface area contributed by atoms with E-state index in [4.69, 9.17) is 24.8 Å². The number of phosphoric ester groups is 1. The molecule has 2 unspecified atom stereocenters. The van der Waals surface area contributed by atoms with Crippen molar-refractivity contribution in [2.45, 2.75) is 167 Å². The smallest absolute Gasteiger partial charge is 0.472 e. The molecule has 0 radical (unpaired) electrons. The molecule has 13 heteroatoms. The summed E-state index contributed by atoms with van der Waals surface area (Å²) >= 11 is 0. The highest BCUT2D eigenvalue weighted by molar-refractivity contribution is 7.47. The lowest BCUT2D eigenvalue weighted by atomic mass is 10.0. The van der Waals surface area contributed by atoms with Crippen LogP contribution in [-0.4, -0.2) is 71.1 Å². The maximum atomic E-state index is 12.6. The van der Waals surface area contributed by atoms with E-state index in [1.165, 1.54) is 57.8 Å². The Morgan fingerprint density at radius 2 is 1.12 bits per heavy atom. The first-order valence-electron chi connectivity index (χ1n) is 21.1. The number of unbranched alkanes of at least 4 members (excludes halogenated alkanes) is 12. The highest BCUT2D eigenvalue weighted by Crippen LogP contribution is 2.43. The number of rotatable bonds is 38. The van der Waals surface area contributed by atoms with Gasteiger partial charge in [0.25, 0.3) is 0 Å². The normalized spacial score (nSPS) is 15.0. The topological polar surface area (TPSA) is 192 Å². The molecule has 0 heterocycles. The van der Waals surface area contributed by atoms with Gasteiger partial charge in [-0.1, -0.05) is 164 Å². The van der Waals surface area contributed by atoms with Gasteiger partial charge in [-0.2, -0.15) is 0 Å². The molecule has 0 aromatic carbocycles. The second kappa shape index (κ2) is 38.4. The van der Waals surface area contributed by atoms with Crippen molar-refractivity contribution in [1.82, 2.24) is 0 Å². The number of aliphatic hydroxyl groups is 1. The van der Waals surface area contributed by atoms with Gasteiger partial charge >= 0.3 is 25.7 Å². The van der Waals surface area contributed by atoms with Gasteiger partial charge in [0.2, 0.25) is 0 Å². The predicted molar refractivity (Wildman–Crippen MR) is 227 cm³/mol. The number of nitrogens with two attached hydrogens (primary N) is 1. The number of allylic oxidation sites excluding steroid dienone is 11. The van der Waals surface area contributed by atoms with E-state index in [1.54, 1.807) is 18.2 Å². The van der Waals surface area contributed by atoms with E-state index in [2.05, 4.69) is 67.0 Å². The lowest BCUT2D eigenvalue weighted by molar-refractivity contribution is -0.161. The van der Waals surface area contributed by atoms with Crippen LogP contribution in [0.2, 0.25) is 0 Å². The van der Waals surface area contributed by atoms with E-state index in [9.17, 15) is 28.9 Å². The third-order valence-electron chi connectivity index (χ3n) is 8.59. The molecular weight excluding hydrogens is 749 g/mol. The lowest BCUT2D eigenvalue weighted by Gasteiger charge is -2.20. The van der Waals surface area contributed by atoms with Gasteiger partial charge in [-0.3, -0.25) is 23.4 Å². The lowest BCUT2D eigenvalue weighted by Crippen LogP contribution is -2.34. The Morgan fingerprint density at radius 1 is 0.632 bits per heavy atom. The molecule has 0 saturated carbocycles. The Hall–Kier alpha value is -3.12. The van der Waals surface area contributed by atoms with Gasteiger partial charge in [0, 0.05) is 12.8 Å². The van der Waals surface area contributed by atoms with Crippen LogP contribution in [0, 0.1) is 0 Å². The zero-order chi connectivity index (χ0) is 42.2. The summed E-state index contributed by atoms with van der Waals surface area (Å²) in [6.45, 7) is 2.43. The monoisotopic (exact) mass is 823 g/mol. The maximum absolute atomic E-state index is 12.6. The molecule has 0 aliphatic carbocycles. The van der Waals surface area contributed by atoms with Crippen LogP contribution in [0.5, 0.6) is 0 Å². The van der Waals surface area contributed by atoms with E-state index >= 15 is 0 Å². The third-order valence-corrected chi connectivity index (χ3v) is 9.54. The van der Waals surface area contributed by atoms with E-state index in [-0.39, 0.29) is 19.3 Å². The predicted octanol–water partition coefficient (Wildman–Crippen LogP) is 9.92. The molecule has 0 aliphatic rings. The molecule has 0 bridgehead atoms. The molecule has 5 N–H and O–H groups in total. The molecular formula is C44H74NO11P. The fourth-order valence-electron chi connectivity index (χ4n) is 5.23. The molecule has 12 nitrogen and oxygen atoms in total. The first-order valence-corrected chi connectivity index (χ1v) is 22.6. The van der Waals surface area contributed by atoms with E-state index < -0.39 is 63.8 Å². The molecule has 0 fully saturated rings. The Balaban J connectivity index is 4.64. The van der Waals surface area contributed by atoms with Crippen LogP contribution in [-0.2, 0) is 37.5 Å². The summed E-state index contributed by atoms with van der Waals surface area (Å²) in [5.74, 6) is -2.70. The van der Waals surface area contributed by atoms with Gasteiger partial charge in [0.1, 0.15) is 12.6 Å². The molecule has 0 spiro atoms. The van der Waals surface area contributed by atoms with Gasteiger partial charge in [0.15, 0.2) is 6.10 Å². The molecule has 0 aromatic rings. The van der Waals surface area contributed by atoms with E-state index in [0.29, 0.717) is 6.42 Å². The van der Waals surface area contributed by atoms with Gasteiger partial charge in [0.05, 0.1) is 19.3 Å². The summed E-state index contributed by atoms with van der Waals surface area (Å²) in [5, 5.41) is 19.2. The number of carbonyl (C=O) groups excluding carboxylic acids is 2. The van der Waals surface area contributed by atoms with Crippen molar-refractivity contribution in [2.24, 2.45) is 5.73 Å². The van der Waals surface area contributed by atoms with Crippen molar-refractivity contribution in [3.63, 3.8) is 0 Å². The van der Waals surface area contributed by atoms with Crippen LogP contribution in [0.3, 0.4) is 0 Å².